The number of piperazine rings is 1. The van der Waals surface area contributed by atoms with Gasteiger partial charge < -0.3 is 14.5 Å². The number of ether oxygens (including phenoxy) is 1. The number of aromatic nitrogens is 2. The van der Waals surface area contributed by atoms with Crippen LogP contribution in [0.1, 0.15) is 45.2 Å². The lowest BCUT2D eigenvalue weighted by molar-refractivity contribution is -0.130. The third-order valence-electron chi connectivity index (χ3n) is 6.32. The molecule has 0 saturated carbocycles. The second-order valence-corrected chi connectivity index (χ2v) is 11.3. The lowest BCUT2D eigenvalue weighted by Crippen LogP contribution is -2.48. The minimum absolute atomic E-state index is 0.0121. The highest BCUT2D eigenvalue weighted by atomic mass is 32.2. The zero-order valence-electron chi connectivity index (χ0n) is 23.1. The Hall–Kier alpha value is -4.64. The van der Waals surface area contributed by atoms with Crippen LogP contribution in [-0.2, 0) is 10.0 Å². The minimum Gasteiger partial charge on any atom is -0.492 e. The minimum atomic E-state index is -4.65. The molecule has 3 heterocycles. The van der Waals surface area contributed by atoms with Crippen LogP contribution in [0, 0.1) is 11.8 Å². The van der Waals surface area contributed by atoms with E-state index in [-0.39, 0.29) is 11.5 Å². The number of nitrogens with zero attached hydrogens (tertiary/aromatic N) is 4. The predicted octanol–water partition coefficient (Wildman–Crippen LogP) is 3.25. The van der Waals surface area contributed by atoms with Crippen molar-refractivity contribution in [2.24, 2.45) is 0 Å². The molecule has 0 spiro atoms. The molecule has 1 saturated heterocycles. The standard InChI is InChI=1S/C29H28F3N5O5S/c1-2-42-26-16-22(18-34-20-26)4-3-21-15-24(19-33-17-21)28(39)37-12-10-36(11-13-37)25-7-5-23(6-8-25)27(38)35-43(40,41)14-9-29(30,31)32/h5-8,15-20H,2,9-14H2,1H3,(H,35,38). The molecular weight excluding hydrogens is 587 g/mol. The molecule has 2 aromatic heterocycles. The highest BCUT2D eigenvalue weighted by Gasteiger charge is 2.30. The molecule has 3 aromatic rings. The summed E-state index contributed by atoms with van der Waals surface area (Å²) in [6, 6.07) is 9.47. The summed E-state index contributed by atoms with van der Waals surface area (Å²) in [6.07, 6.45) is 0.0780. The SMILES string of the molecule is CCOc1cncc(C#Cc2cncc(C(=O)N3CCN(c4ccc(C(=O)NS(=O)(=O)CCC(F)(F)F)cc4)CC3)c2)c1. The van der Waals surface area contributed by atoms with Crippen LogP contribution in [-0.4, -0.2) is 79.8 Å². The molecule has 0 unspecified atom stereocenters. The van der Waals surface area contributed by atoms with Crippen molar-refractivity contribution in [2.45, 2.75) is 19.5 Å². The fourth-order valence-electron chi connectivity index (χ4n) is 4.18. The maximum Gasteiger partial charge on any atom is 0.390 e. The number of hydrogen-bond acceptors (Lipinski definition) is 8. The fraction of sp³-hybridized carbons (Fsp3) is 0.310. The van der Waals surface area contributed by atoms with E-state index in [0.717, 1.165) is 5.69 Å². The van der Waals surface area contributed by atoms with E-state index < -0.39 is 34.3 Å². The summed E-state index contributed by atoms with van der Waals surface area (Å²) in [5, 5.41) is 0. The van der Waals surface area contributed by atoms with E-state index in [1.807, 2.05) is 11.8 Å². The Labute approximate surface area is 246 Å². The van der Waals surface area contributed by atoms with Gasteiger partial charge in [0.05, 0.1) is 30.5 Å². The van der Waals surface area contributed by atoms with Gasteiger partial charge in [-0.2, -0.15) is 13.2 Å². The lowest BCUT2D eigenvalue weighted by Gasteiger charge is -2.36. The van der Waals surface area contributed by atoms with Gasteiger partial charge in [0.15, 0.2) is 0 Å². The van der Waals surface area contributed by atoms with E-state index in [9.17, 15) is 31.2 Å². The van der Waals surface area contributed by atoms with Crippen molar-refractivity contribution in [1.82, 2.24) is 19.6 Å². The summed E-state index contributed by atoms with van der Waals surface area (Å²) < 4.78 is 67.7. The number of anilines is 1. The van der Waals surface area contributed by atoms with E-state index in [2.05, 4.69) is 21.8 Å². The zero-order chi connectivity index (χ0) is 31.0. The summed E-state index contributed by atoms with van der Waals surface area (Å²) in [7, 11) is -4.44. The first-order valence-electron chi connectivity index (χ1n) is 13.2. The van der Waals surface area contributed by atoms with Crippen molar-refractivity contribution in [3.63, 3.8) is 0 Å². The van der Waals surface area contributed by atoms with Gasteiger partial charge in [-0.05, 0) is 43.3 Å². The number of nitrogens with one attached hydrogen (secondary N) is 1. The van der Waals surface area contributed by atoms with Crippen LogP contribution in [0.25, 0.3) is 0 Å². The molecule has 0 bridgehead atoms. The second-order valence-electron chi connectivity index (χ2n) is 9.50. The van der Waals surface area contributed by atoms with Crippen LogP contribution in [0.4, 0.5) is 18.9 Å². The Bertz CT molecular complexity index is 1630. The third-order valence-corrected chi connectivity index (χ3v) is 7.56. The second kappa shape index (κ2) is 13.6. The number of amides is 2. The van der Waals surface area contributed by atoms with E-state index >= 15 is 0 Å². The highest BCUT2D eigenvalue weighted by molar-refractivity contribution is 7.90. The number of sulfonamides is 1. The Morgan fingerprint density at radius 3 is 2.19 bits per heavy atom. The topological polar surface area (TPSA) is 122 Å². The zero-order valence-corrected chi connectivity index (χ0v) is 23.9. The van der Waals surface area contributed by atoms with E-state index in [1.165, 1.54) is 18.3 Å². The van der Waals surface area contributed by atoms with Crippen molar-refractivity contribution >= 4 is 27.5 Å². The molecule has 0 radical (unpaired) electrons. The quantitative estimate of drug-likeness (QED) is 0.384. The monoisotopic (exact) mass is 615 g/mol. The molecule has 1 aliphatic rings. The van der Waals surface area contributed by atoms with Crippen molar-refractivity contribution < 1.29 is 35.9 Å². The molecule has 43 heavy (non-hydrogen) atoms. The molecule has 1 aromatic carbocycles. The average Bonchev–Trinajstić information content (AvgIpc) is 2.99. The van der Waals surface area contributed by atoms with Crippen LogP contribution in [0.5, 0.6) is 5.75 Å². The van der Waals surface area contributed by atoms with Crippen LogP contribution >= 0.6 is 0 Å². The van der Waals surface area contributed by atoms with Crippen molar-refractivity contribution in [2.75, 3.05) is 43.4 Å². The van der Waals surface area contributed by atoms with Gasteiger partial charge in [-0.15, -0.1) is 0 Å². The molecule has 226 valence electrons. The van der Waals surface area contributed by atoms with E-state index in [4.69, 9.17) is 4.74 Å². The summed E-state index contributed by atoms with van der Waals surface area (Å²) >= 11 is 0. The van der Waals surface area contributed by atoms with Crippen LogP contribution in [0.3, 0.4) is 0 Å². The summed E-state index contributed by atoms with van der Waals surface area (Å²) in [4.78, 5) is 37.4. The molecule has 1 fully saturated rings. The Balaban J connectivity index is 1.32. The molecule has 10 nitrogen and oxygen atoms in total. The van der Waals surface area contributed by atoms with Crippen LogP contribution in [0.2, 0.25) is 0 Å². The van der Waals surface area contributed by atoms with E-state index in [1.54, 1.807) is 52.5 Å². The van der Waals surface area contributed by atoms with Gasteiger partial charge in [0.2, 0.25) is 10.0 Å². The highest BCUT2D eigenvalue weighted by Crippen LogP contribution is 2.21. The van der Waals surface area contributed by atoms with Crippen molar-refractivity contribution in [1.29, 1.82) is 0 Å². The van der Waals surface area contributed by atoms with Crippen LogP contribution in [0.15, 0.2) is 61.2 Å². The Kier molecular flexibility index (Phi) is 9.87. The van der Waals surface area contributed by atoms with E-state index in [0.29, 0.717) is 55.2 Å². The molecular formula is C29H28F3N5O5S. The van der Waals surface area contributed by atoms with Crippen molar-refractivity contribution in [3.05, 3.63) is 83.4 Å². The number of carbonyl (C=O) groups excluding carboxylic acids is 2. The Morgan fingerprint density at radius 2 is 1.56 bits per heavy atom. The number of alkyl halides is 3. The number of pyridine rings is 2. The molecule has 1 aliphatic heterocycles. The van der Waals surface area contributed by atoms with Gasteiger partial charge in [-0.1, -0.05) is 11.8 Å². The fourth-order valence-corrected chi connectivity index (χ4v) is 5.18. The molecule has 2 amide bonds. The normalized spacial score (nSPS) is 13.6. The smallest absolute Gasteiger partial charge is 0.390 e. The predicted molar refractivity (Wildman–Crippen MR) is 152 cm³/mol. The summed E-state index contributed by atoms with van der Waals surface area (Å²) in [5.41, 5.74) is 2.37. The van der Waals surface area contributed by atoms with Gasteiger partial charge >= 0.3 is 6.18 Å². The van der Waals surface area contributed by atoms with Gasteiger partial charge in [-0.3, -0.25) is 19.6 Å². The number of benzene rings is 1. The molecule has 0 atom stereocenters. The first kappa shape index (κ1) is 31.3. The van der Waals surface area contributed by atoms with Crippen molar-refractivity contribution in [3.8, 4) is 17.6 Å². The first-order chi connectivity index (χ1) is 20.4. The maximum absolute atomic E-state index is 13.2. The van der Waals surface area contributed by atoms with Gasteiger partial charge in [-0.25, -0.2) is 13.1 Å². The first-order valence-corrected chi connectivity index (χ1v) is 14.9. The van der Waals surface area contributed by atoms with Gasteiger partial charge in [0, 0.05) is 67.1 Å². The van der Waals surface area contributed by atoms with Gasteiger partial charge in [0.1, 0.15) is 5.75 Å². The Morgan fingerprint density at radius 1 is 0.930 bits per heavy atom. The number of carbonyl (C=O) groups is 2. The summed E-state index contributed by atoms with van der Waals surface area (Å²) in [5.74, 6) is 4.18. The molecule has 4 rings (SSSR count). The largest absolute Gasteiger partial charge is 0.492 e. The molecule has 1 N–H and O–H groups in total. The maximum atomic E-state index is 13.2. The van der Waals surface area contributed by atoms with Gasteiger partial charge in [0.25, 0.3) is 11.8 Å². The molecule has 0 aliphatic carbocycles. The lowest BCUT2D eigenvalue weighted by atomic mass is 10.1. The average molecular weight is 616 g/mol. The third kappa shape index (κ3) is 9.17. The molecule has 14 heteroatoms. The number of halogens is 3. The number of hydrogen-bond donors (Lipinski definition) is 1. The summed E-state index contributed by atoms with van der Waals surface area (Å²) in [6.45, 7) is 4.23. The van der Waals surface area contributed by atoms with Crippen LogP contribution < -0.4 is 14.4 Å². The number of rotatable bonds is 8.